The molecule has 0 saturated carbocycles. The van der Waals surface area contributed by atoms with Crippen molar-refractivity contribution in [2.24, 2.45) is 5.92 Å². The highest BCUT2D eigenvalue weighted by Crippen LogP contribution is 2.16. The summed E-state index contributed by atoms with van der Waals surface area (Å²) in [5, 5.41) is 0. The van der Waals surface area contributed by atoms with Crippen molar-refractivity contribution in [3.8, 4) is 0 Å². The highest BCUT2D eigenvalue weighted by Gasteiger charge is 2.21. The topological polar surface area (TPSA) is 40.6 Å². The van der Waals surface area contributed by atoms with E-state index in [-0.39, 0.29) is 11.8 Å². The van der Waals surface area contributed by atoms with Gasteiger partial charge in [-0.15, -0.1) is 6.58 Å². The van der Waals surface area contributed by atoms with Gasteiger partial charge < -0.3 is 9.80 Å². The SMILES string of the molecule is C=CCN(CCC(=O)N1CCCC(C)C1)C(C)=O. The normalized spacial score (nSPS) is 19.4. The fourth-order valence-electron chi connectivity index (χ4n) is 2.34. The highest BCUT2D eigenvalue weighted by molar-refractivity contribution is 5.78. The van der Waals surface area contributed by atoms with E-state index in [2.05, 4.69) is 13.5 Å². The van der Waals surface area contributed by atoms with Crippen LogP contribution in [0.2, 0.25) is 0 Å². The van der Waals surface area contributed by atoms with E-state index in [9.17, 15) is 9.59 Å². The minimum Gasteiger partial charge on any atom is -0.342 e. The van der Waals surface area contributed by atoms with Crippen molar-refractivity contribution in [3.05, 3.63) is 12.7 Å². The van der Waals surface area contributed by atoms with Crippen LogP contribution in [0.5, 0.6) is 0 Å². The number of hydrogen-bond acceptors (Lipinski definition) is 2. The van der Waals surface area contributed by atoms with Gasteiger partial charge in [0.2, 0.25) is 11.8 Å². The third-order valence-corrected chi connectivity index (χ3v) is 3.40. The lowest BCUT2D eigenvalue weighted by atomic mass is 10.00. The summed E-state index contributed by atoms with van der Waals surface area (Å²) in [5.41, 5.74) is 0. The molecular formula is C14H24N2O2. The van der Waals surface area contributed by atoms with E-state index in [0.717, 1.165) is 19.5 Å². The summed E-state index contributed by atoms with van der Waals surface area (Å²) < 4.78 is 0. The molecule has 1 saturated heterocycles. The van der Waals surface area contributed by atoms with Gasteiger partial charge in [0, 0.05) is 39.5 Å². The maximum absolute atomic E-state index is 12.0. The molecule has 1 fully saturated rings. The zero-order chi connectivity index (χ0) is 13.5. The first-order valence-corrected chi connectivity index (χ1v) is 6.68. The summed E-state index contributed by atoms with van der Waals surface area (Å²) in [4.78, 5) is 26.9. The number of nitrogens with zero attached hydrogens (tertiary/aromatic N) is 2. The second-order valence-corrected chi connectivity index (χ2v) is 5.09. The molecule has 1 rings (SSSR count). The number of carbonyl (C=O) groups excluding carboxylic acids is 2. The van der Waals surface area contributed by atoms with Crippen LogP contribution in [0.4, 0.5) is 0 Å². The Morgan fingerprint density at radius 3 is 2.78 bits per heavy atom. The maximum atomic E-state index is 12.0. The maximum Gasteiger partial charge on any atom is 0.224 e. The van der Waals surface area contributed by atoms with Crippen molar-refractivity contribution in [3.63, 3.8) is 0 Å². The molecule has 1 unspecified atom stereocenters. The molecule has 0 aromatic carbocycles. The average Bonchev–Trinajstić information content (AvgIpc) is 2.33. The molecule has 0 aromatic heterocycles. The molecule has 0 aliphatic carbocycles. The van der Waals surface area contributed by atoms with Gasteiger partial charge in [-0.05, 0) is 18.8 Å². The summed E-state index contributed by atoms with van der Waals surface area (Å²) in [6.45, 7) is 10.1. The molecule has 4 nitrogen and oxygen atoms in total. The van der Waals surface area contributed by atoms with E-state index in [1.165, 1.54) is 13.3 Å². The van der Waals surface area contributed by atoms with Gasteiger partial charge in [-0.1, -0.05) is 13.0 Å². The number of carbonyl (C=O) groups is 2. The lowest BCUT2D eigenvalue weighted by Gasteiger charge is -2.31. The minimum atomic E-state index is -0.00490. The molecule has 1 aliphatic rings. The van der Waals surface area contributed by atoms with E-state index >= 15 is 0 Å². The number of hydrogen-bond donors (Lipinski definition) is 0. The van der Waals surface area contributed by atoms with Gasteiger partial charge in [0.1, 0.15) is 0 Å². The van der Waals surface area contributed by atoms with Crippen LogP contribution in [-0.4, -0.2) is 47.8 Å². The van der Waals surface area contributed by atoms with Crippen molar-refractivity contribution in [1.29, 1.82) is 0 Å². The van der Waals surface area contributed by atoms with Gasteiger partial charge in [0.25, 0.3) is 0 Å². The second-order valence-electron chi connectivity index (χ2n) is 5.09. The van der Waals surface area contributed by atoms with Gasteiger partial charge in [0.15, 0.2) is 0 Å². The van der Waals surface area contributed by atoms with Gasteiger partial charge >= 0.3 is 0 Å². The van der Waals surface area contributed by atoms with Gasteiger partial charge in [-0.25, -0.2) is 0 Å². The monoisotopic (exact) mass is 252 g/mol. The lowest BCUT2D eigenvalue weighted by molar-refractivity contribution is -0.134. The minimum absolute atomic E-state index is 0.00490. The summed E-state index contributed by atoms with van der Waals surface area (Å²) in [6, 6.07) is 0. The van der Waals surface area contributed by atoms with E-state index < -0.39 is 0 Å². The Kier molecular flexibility index (Phi) is 5.89. The van der Waals surface area contributed by atoms with E-state index in [1.54, 1.807) is 11.0 Å². The summed E-state index contributed by atoms with van der Waals surface area (Å²) in [7, 11) is 0. The zero-order valence-corrected chi connectivity index (χ0v) is 11.5. The largest absolute Gasteiger partial charge is 0.342 e. The van der Waals surface area contributed by atoms with Crippen LogP contribution >= 0.6 is 0 Å². The molecule has 1 heterocycles. The van der Waals surface area contributed by atoms with Gasteiger partial charge in [0.05, 0.1) is 0 Å². The van der Waals surface area contributed by atoms with Crippen molar-refractivity contribution >= 4 is 11.8 Å². The predicted octanol–water partition coefficient (Wildman–Crippen LogP) is 1.67. The molecular weight excluding hydrogens is 228 g/mol. The van der Waals surface area contributed by atoms with Crippen molar-refractivity contribution in [2.75, 3.05) is 26.2 Å². The standard InChI is InChI=1S/C14H24N2O2/c1-4-8-15(13(3)17)10-7-14(18)16-9-5-6-12(2)11-16/h4,12H,1,5-11H2,2-3H3. The fraction of sp³-hybridized carbons (Fsp3) is 0.714. The second kappa shape index (κ2) is 7.19. The first-order valence-electron chi connectivity index (χ1n) is 6.68. The van der Waals surface area contributed by atoms with Crippen LogP contribution in [0.15, 0.2) is 12.7 Å². The molecule has 0 spiro atoms. The van der Waals surface area contributed by atoms with E-state index in [0.29, 0.717) is 25.4 Å². The Morgan fingerprint density at radius 2 is 2.22 bits per heavy atom. The molecule has 18 heavy (non-hydrogen) atoms. The zero-order valence-electron chi connectivity index (χ0n) is 11.5. The third kappa shape index (κ3) is 4.51. The molecule has 2 amide bonds. The third-order valence-electron chi connectivity index (χ3n) is 3.40. The number of amides is 2. The van der Waals surface area contributed by atoms with Crippen LogP contribution in [0, 0.1) is 5.92 Å². The Bertz CT molecular complexity index is 315. The first-order chi connectivity index (χ1) is 8.54. The molecule has 1 atom stereocenters. The van der Waals surface area contributed by atoms with Gasteiger partial charge in [-0.3, -0.25) is 9.59 Å². The van der Waals surface area contributed by atoms with Gasteiger partial charge in [-0.2, -0.15) is 0 Å². The van der Waals surface area contributed by atoms with E-state index in [1.807, 2.05) is 4.90 Å². The van der Waals surface area contributed by atoms with Crippen molar-refractivity contribution < 1.29 is 9.59 Å². The van der Waals surface area contributed by atoms with Crippen molar-refractivity contribution in [1.82, 2.24) is 9.80 Å². The van der Waals surface area contributed by atoms with Crippen molar-refractivity contribution in [2.45, 2.75) is 33.1 Å². The Hall–Kier alpha value is -1.32. The van der Waals surface area contributed by atoms with Crippen LogP contribution in [0.25, 0.3) is 0 Å². The van der Waals surface area contributed by atoms with E-state index in [4.69, 9.17) is 0 Å². The quantitative estimate of drug-likeness (QED) is 0.698. The molecule has 4 heteroatoms. The molecule has 1 aliphatic heterocycles. The highest BCUT2D eigenvalue weighted by atomic mass is 16.2. The molecule has 0 radical (unpaired) electrons. The van der Waals surface area contributed by atoms with Crippen LogP contribution < -0.4 is 0 Å². The predicted molar refractivity (Wildman–Crippen MR) is 72.0 cm³/mol. The van der Waals surface area contributed by atoms with Crippen LogP contribution in [0.1, 0.15) is 33.1 Å². The molecule has 0 aromatic rings. The number of piperidine rings is 1. The Morgan fingerprint density at radius 1 is 1.50 bits per heavy atom. The lowest BCUT2D eigenvalue weighted by Crippen LogP contribution is -2.41. The fourth-order valence-corrected chi connectivity index (χ4v) is 2.34. The Labute approximate surface area is 110 Å². The van der Waals surface area contributed by atoms with Crippen LogP contribution in [-0.2, 0) is 9.59 Å². The average molecular weight is 252 g/mol. The summed E-state index contributed by atoms with van der Waals surface area (Å²) in [5.74, 6) is 0.756. The summed E-state index contributed by atoms with van der Waals surface area (Å²) >= 11 is 0. The van der Waals surface area contributed by atoms with Crippen LogP contribution in [0.3, 0.4) is 0 Å². The molecule has 102 valence electrons. The Balaban J connectivity index is 2.39. The first kappa shape index (κ1) is 14.7. The smallest absolute Gasteiger partial charge is 0.224 e. The molecule has 0 bridgehead atoms. The summed E-state index contributed by atoms with van der Waals surface area (Å²) in [6.07, 6.45) is 4.41. The number of rotatable bonds is 5. The molecule has 0 N–H and O–H groups in total. The number of likely N-dealkylation sites (tertiary alicyclic amines) is 1.